The molecule has 4 rings (SSSR count). The van der Waals surface area contributed by atoms with Crippen molar-refractivity contribution in [2.24, 2.45) is 11.8 Å². The quantitative estimate of drug-likeness (QED) is 0.833. The molecule has 2 heterocycles. The molecule has 3 atom stereocenters. The summed E-state index contributed by atoms with van der Waals surface area (Å²) in [7, 11) is 0. The van der Waals surface area contributed by atoms with Gasteiger partial charge in [-0.15, -0.1) is 0 Å². The molecule has 1 aromatic rings. The summed E-state index contributed by atoms with van der Waals surface area (Å²) in [5.74, 6) is -0.928. The van der Waals surface area contributed by atoms with Crippen LogP contribution in [0.5, 0.6) is 0 Å². The largest absolute Gasteiger partial charge is 0.342 e. The second-order valence-corrected chi connectivity index (χ2v) is 7.88. The lowest BCUT2D eigenvalue weighted by atomic mass is 10.1. The summed E-state index contributed by atoms with van der Waals surface area (Å²) in [5.41, 5.74) is 0.102. The fraction of sp³-hybridized carbons (Fsp3) is 0.650. The molecule has 3 nitrogen and oxygen atoms in total. The summed E-state index contributed by atoms with van der Waals surface area (Å²) < 4.78 is 27.8. The number of carbonyl (C=O) groups excluding carboxylic acids is 1. The van der Waals surface area contributed by atoms with Gasteiger partial charge in [0.1, 0.15) is 11.6 Å². The lowest BCUT2D eigenvalue weighted by Gasteiger charge is -2.29. The minimum Gasteiger partial charge on any atom is -0.342 e. The molecule has 0 N–H and O–H groups in total. The Balaban J connectivity index is 1.32. The Bertz CT molecular complexity index is 624. The summed E-state index contributed by atoms with van der Waals surface area (Å²) in [6.45, 7) is 5.04. The van der Waals surface area contributed by atoms with E-state index in [9.17, 15) is 13.6 Å². The van der Waals surface area contributed by atoms with E-state index in [1.165, 1.54) is 50.6 Å². The number of hydrogen-bond acceptors (Lipinski definition) is 2. The number of rotatable bonds is 4. The molecule has 0 aromatic heterocycles. The molecule has 0 spiro atoms. The van der Waals surface area contributed by atoms with Gasteiger partial charge in [0, 0.05) is 37.0 Å². The normalized spacial score (nSPS) is 29.8. The average Bonchev–Trinajstić information content (AvgIpc) is 3.25. The van der Waals surface area contributed by atoms with Crippen LogP contribution in [0.4, 0.5) is 8.78 Å². The van der Waals surface area contributed by atoms with E-state index in [2.05, 4.69) is 4.90 Å². The minimum absolute atomic E-state index is 0.0915. The van der Waals surface area contributed by atoms with Gasteiger partial charge in [-0.3, -0.25) is 4.79 Å². The fourth-order valence-electron chi connectivity index (χ4n) is 4.58. The second kappa shape index (κ2) is 7.02. The SMILES string of the molecule is O=C([C@@H]1C[C@H]1c1c(F)cccc1F)N1CCC(CN2CCCCC2)C1. The first-order chi connectivity index (χ1) is 12.1. The molecule has 1 amide bonds. The van der Waals surface area contributed by atoms with Crippen molar-refractivity contribution in [1.29, 1.82) is 0 Å². The lowest BCUT2D eigenvalue weighted by molar-refractivity contribution is -0.131. The lowest BCUT2D eigenvalue weighted by Crippen LogP contribution is -2.36. The molecule has 3 aliphatic rings. The molecular weight excluding hydrogens is 322 g/mol. The first-order valence-corrected chi connectivity index (χ1v) is 9.58. The Morgan fingerprint density at radius 3 is 2.52 bits per heavy atom. The van der Waals surface area contributed by atoms with Crippen LogP contribution in [-0.4, -0.2) is 48.4 Å². The van der Waals surface area contributed by atoms with Gasteiger partial charge in [0.15, 0.2) is 0 Å². The van der Waals surface area contributed by atoms with Gasteiger partial charge in [-0.2, -0.15) is 0 Å². The highest BCUT2D eigenvalue weighted by molar-refractivity contribution is 5.83. The third-order valence-corrected chi connectivity index (χ3v) is 6.04. The number of nitrogens with zero attached hydrogens (tertiary/aromatic N) is 2. The number of piperidine rings is 1. The van der Waals surface area contributed by atoms with Gasteiger partial charge >= 0.3 is 0 Å². The van der Waals surface area contributed by atoms with Gasteiger partial charge in [-0.05, 0) is 56.8 Å². The van der Waals surface area contributed by atoms with Crippen LogP contribution in [0.1, 0.15) is 43.6 Å². The van der Waals surface area contributed by atoms with Crippen molar-refractivity contribution >= 4 is 5.91 Å². The Morgan fingerprint density at radius 1 is 1.08 bits per heavy atom. The Morgan fingerprint density at radius 2 is 1.80 bits per heavy atom. The van der Waals surface area contributed by atoms with Crippen LogP contribution in [0, 0.1) is 23.5 Å². The summed E-state index contributed by atoms with van der Waals surface area (Å²) in [6.07, 6.45) is 5.53. The third-order valence-electron chi connectivity index (χ3n) is 6.04. The molecule has 5 heteroatoms. The molecule has 1 saturated carbocycles. The van der Waals surface area contributed by atoms with E-state index in [-0.39, 0.29) is 23.3 Å². The van der Waals surface area contributed by atoms with Gasteiger partial charge in [0.05, 0.1) is 0 Å². The van der Waals surface area contributed by atoms with Crippen molar-refractivity contribution in [3.05, 3.63) is 35.4 Å². The number of halogens is 2. The predicted octanol–water partition coefficient (Wildman–Crippen LogP) is 3.40. The first-order valence-electron chi connectivity index (χ1n) is 9.58. The maximum atomic E-state index is 13.9. The van der Waals surface area contributed by atoms with E-state index < -0.39 is 11.6 Å². The number of benzene rings is 1. The van der Waals surface area contributed by atoms with Gasteiger partial charge in [-0.1, -0.05) is 12.5 Å². The fourth-order valence-corrected chi connectivity index (χ4v) is 4.58. The van der Waals surface area contributed by atoms with E-state index in [1.54, 1.807) is 0 Å². The molecule has 136 valence electrons. The summed E-state index contributed by atoms with van der Waals surface area (Å²) >= 11 is 0. The third kappa shape index (κ3) is 3.57. The number of hydrogen-bond donors (Lipinski definition) is 0. The zero-order valence-electron chi connectivity index (χ0n) is 14.6. The molecular formula is C20H26F2N2O. The van der Waals surface area contributed by atoms with E-state index in [4.69, 9.17) is 0 Å². The van der Waals surface area contributed by atoms with Crippen LogP contribution in [0.3, 0.4) is 0 Å². The van der Waals surface area contributed by atoms with Crippen LogP contribution in [-0.2, 0) is 4.79 Å². The van der Waals surface area contributed by atoms with Crippen LogP contribution in [0.2, 0.25) is 0 Å². The van der Waals surface area contributed by atoms with Crippen LogP contribution >= 0.6 is 0 Å². The summed E-state index contributed by atoms with van der Waals surface area (Å²) in [4.78, 5) is 17.2. The maximum Gasteiger partial charge on any atom is 0.226 e. The van der Waals surface area contributed by atoms with Gasteiger partial charge < -0.3 is 9.80 Å². The molecule has 3 fully saturated rings. The molecule has 1 aliphatic carbocycles. The topological polar surface area (TPSA) is 23.6 Å². The smallest absolute Gasteiger partial charge is 0.226 e. The highest BCUT2D eigenvalue weighted by Crippen LogP contribution is 2.50. The number of likely N-dealkylation sites (tertiary alicyclic amines) is 2. The highest BCUT2D eigenvalue weighted by atomic mass is 19.1. The molecule has 0 radical (unpaired) electrons. The standard InChI is InChI=1S/C20H26F2N2O/c21-17-5-4-6-18(22)19(17)15-11-16(15)20(25)24-10-7-14(13-24)12-23-8-2-1-3-9-23/h4-6,14-16H,1-3,7-13H2/t14?,15-,16-/m1/s1. The maximum absolute atomic E-state index is 13.9. The Labute approximate surface area is 148 Å². The molecule has 0 bridgehead atoms. The van der Waals surface area contributed by atoms with Crippen molar-refractivity contribution in [3.8, 4) is 0 Å². The first kappa shape index (κ1) is 17.0. The van der Waals surface area contributed by atoms with E-state index >= 15 is 0 Å². The number of amides is 1. The second-order valence-electron chi connectivity index (χ2n) is 7.88. The van der Waals surface area contributed by atoms with E-state index in [0.717, 1.165) is 26.1 Å². The number of carbonyl (C=O) groups is 1. The molecule has 2 saturated heterocycles. The molecule has 25 heavy (non-hydrogen) atoms. The van der Waals surface area contributed by atoms with Gasteiger partial charge in [0.25, 0.3) is 0 Å². The van der Waals surface area contributed by atoms with Crippen LogP contribution in [0.25, 0.3) is 0 Å². The predicted molar refractivity (Wildman–Crippen MR) is 92.2 cm³/mol. The zero-order valence-corrected chi connectivity index (χ0v) is 14.6. The summed E-state index contributed by atoms with van der Waals surface area (Å²) in [5, 5.41) is 0. The van der Waals surface area contributed by atoms with E-state index in [1.807, 2.05) is 4.90 Å². The van der Waals surface area contributed by atoms with Gasteiger partial charge in [0.2, 0.25) is 5.91 Å². The van der Waals surface area contributed by atoms with Crippen molar-refractivity contribution < 1.29 is 13.6 Å². The minimum atomic E-state index is -0.523. The Kier molecular flexibility index (Phi) is 4.76. The monoisotopic (exact) mass is 348 g/mol. The van der Waals surface area contributed by atoms with Crippen molar-refractivity contribution in [2.75, 3.05) is 32.7 Å². The Hall–Kier alpha value is -1.49. The van der Waals surface area contributed by atoms with E-state index in [0.29, 0.717) is 12.3 Å². The average molecular weight is 348 g/mol. The molecule has 1 aromatic carbocycles. The summed E-state index contributed by atoms with van der Waals surface area (Å²) in [6, 6.07) is 3.94. The molecule has 2 aliphatic heterocycles. The van der Waals surface area contributed by atoms with Crippen molar-refractivity contribution in [3.63, 3.8) is 0 Å². The van der Waals surface area contributed by atoms with Crippen LogP contribution in [0.15, 0.2) is 18.2 Å². The van der Waals surface area contributed by atoms with Crippen molar-refractivity contribution in [1.82, 2.24) is 9.80 Å². The highest BCUT2D eigenvalue weighted by Gasteiger charge is 2.49. The zero-order chi connectivity index (χ0) is 17.4. The van der Waals surface area contributed by atoms with Crippen LogP contribution < -0.4 is 0 Å². The van der Waals surface area contributed by atoms with Crippen molar-refractivity contribution in [2.45, 2.75) is 38.0 Å². The molecule has 1 unspecified atom stereocenters. The van der Waals surface area contributed by atoms with Gasteiger partial charge in [-0.25, -0.2) is 8.78 Å².